The van der Waals surface area contributed by atoms with Crippen molar-refractivity contribution in [3.63, 3.8) is 0 Å². The summed E-state index contributed by atoms with van der Waals surface area (Å²) in [5.74, 6) is -1.34. The molecule has 1 aliphatic heterocycles. The average molecular weight is 563 g/mol. The van der Waals surface area contributed by atoms with Gasteiger partial charge >= 0.3 is 18.2 Å². The number of hydrogen-bond acceptors (Lipinski definition) is 6. The number of hydrogen-bond donors (Lipinski definition) is 1. The van der Waals surface area contributed by atoms with Crippen LogP contribution in [0, 0.1) is 10.1 Å². The van der Waals surface area contributed by atoms with E-state index in [4.69, 9.17) is 4.74 Å². The number of nitrogens with one attached hydrogen (secondary N) is 1. The number of urea groups is 1. The Bertz CT molecular complexity index is 1340. The number of amides is 3. The number of esters is 1. The third-order valence-electron chi connectivity index (χ3n) is 6.18. The lowest BCUT2D eigenvalue weighted by Crippen LogP contribution is -2.49. The Kier molecular flexibility index (Phi) is 9.17. The summed E-state index contributed by atoms with van der Waals surface area (Å²) in [5, 5.41) is 14.0. The predicted molar refractivity (Wildman–Crippen MR) is 138 cm³/mol. The smallest absolute Gasteiger partial charge is 0.416 e. The van der Waals surface area contributed by atoms with Crippen LogP contribution in [0.25, 0.3) is 0 Å². The highest BCUT2D eigenvalue weighted by Crippen LogP contribution is 2.36. The zero-order chi connectivity index (χ0) is 29.8. The van der Waals surface area contributed by atoms with Crippen molar-refractivity contribution < 1.29 is 37.2 Å². The zero-order valence-electron chi connectivity index (χ0n) is 22.3. The molecule has 0 fully saturated rings. The van der Waals surface area contributed by atoms with E-state index in [-0.39, 0.29) is 42.0 Å². The Balaban J connectivity index is 1.86. The van der Waals surface area contributed by atoms with Crippen LogP contribution in [0.2, 0.25) is 0 Å². The molecule has 1 N–H and O–H groups in total. The number of allylic oxidation sites excluding steroid dienone is 1. The van der Waals surface area contributed by atoms with Crippen LogP contribution >= 0.6 is 0 Å². The second-order valence-electron chi connectivity index (χ2n) is 9.53. The summed E-state index contributed by atoms with van der Waals surface area (Å²) in [7, 11) is 1.42. The standard InChI is InChI=1S/C27H29F3N4O6/c1-16(2)40-25(36)22-17(3)31-26(37)33(23(22)18-8-6-11-21(15-18)34(38)39)13-7-12-32(4)24(35)19-9-5-10-20(14-19)27(28,29)30/h5-6,8-11,14-16,23H,7,12-13H2,1-4H3,(H,31,37). The Morgan fingerprint density at radius 3 is 2.48 bits per heavy atom. The van der Waals surface area contributed by atoms with Crippen LogP contribution in [0.15, 0.2) is 59.8 Å². The summed E-state index contributed by atoms with van der Waals surface area (Å²) >= 11 is 0. The van der Waals surface area contributed by atoms with E-state index in [1.54, 1.807) is 19.9 Å². The van der Waals surface area contributed by atoms with Crippen LogP contribution in [-0.2, 0) is 15.7 Å². The predicted octanol–water partition coefficient (Wildman–Crippen LogP) is 5.07. The summed E-state index contributed by atoms with van der Waals surface area (Å²) in [6, 6.07) is 8.05. The van der Waals surface area contributed by atoms with Crippen molar-refractivity contribution in [2.45, 2.75) is 45.5 Å². The first-order chi connectivity index (χ1) is 18.7. The zero-order valence-corrected chi connectivity index (χ0v) is 22.3. The molecule has 0 saturated carbocycles. The molecular formula is C27H29F3N4O6. The summed E-state index contributed by atoms with van der Waals surface area (Å²) in [6.45, 7) is 4.91. The molecule has 3 rings (SSSR count). The molecule has 3 amide bonds. The fraction of sp³-hybridized carbons (Fsp3) is 0.370. The number of rotatable bonds is 9. The summed E-state index contributed by atoms with van der Waals surface area (Å²) < 4.78 is 44.6. The molecule has 0 spiro atoms. The molecule has 10 nitrogen and oxygen atoms in total. The van der Waals surface area contributed by atoms with Gasteiger partial charge in [0, 0.05) is 43.5 Å². The van der Waals surface area contributed by atoms with Crippen molar-refractivity contribution in [1.29, 1.82) is 0 Å². The third kappa shape index (κ3) is 6.96. The highest BCUT2D eigenvalue weighted by Gasteiger charge is 2.39. The van der Waals surface area contributed by atoms with Gasteiger partial charge in [-0.1, -0.05) is 18.2 Å². The summed E-state index contributed by atoms with van der Waals surface area (Å²) in [4.78, 5) is 52.3. The summed E-state index contributed by atoms with van der Waals surface area (Å²) in [6.07, 6.45) is -4.89. The van der Waals surface area contributed by atoms with Crippen LogP contribution in [-0.4, -0.2) is 58.9 Å². The SMILES string of the molecule is CC1=C(C(=O)OC(C)C)C(c2cccc([N+](=O)[O-])c2)N(CCCN(C)C(=O)c2cccc(C(F)(F)F)c2)C(=O)N1. The maximum absolute atomic E-state index is 13.1. The molecule has 1 unspecified atom stereocenters. The van der Waals surface area contributed by atoms with Gasteiger partial charge in [0.2, 0.25) is 0 Å². The van der Waals surface area contributed by atoms with Crippen LogP contribution in [0.4, 0.5) is 23.7 Å². The second kappa shape index (κ2) is 12.2. The molecule has 0 aromatic heterocycles. The molecule has 2 aromatic rings. The first-order valence-corrected chi connectivity index (χ1v) is 12.4. The monoisotopic (exact) mass is 562 g/mol. The number of nitrogens with zero attached hydrogens (tertiary/aromatic N) is 3. The average Bonchev–Trinajstić information content (AvgIpc) is 2.88. The van der Waals surface area contributed by atoms with Crippen molar-refractivity contribution in [3.8, 4) is 0 Å². The van der Waals surface area contributed by atoms with Gasteiger partial charge in [0.1, 0.15) is 0 Å². The molecule has 0 bridgehead atoms. The molecule has 0 saturated heterocycles. The number of carbonyl (C=O) groups excluding carboxylic acids is 3. The minimum atomic E-state index is -4.60. The van der Waals surface area contributed by atoms with E-state index >= 15 is 0 Å². The van der Waals surface area contributed by atoms with Crippen LogP contribution in [0.5, 0.6) is 0 Å². The molecule has 1 aliphatic rings. The van der Waals surface area contributed by atoms with Crippen LogP contribution in [0.1, 0.15) is 54.7 Å². The van der Waals surface area contributed by atoms with Gasteiger partial charge in [0.15, 0.2) is 0 Å². The van der Waals surface area contributed by atoms with Gasteiger partial charge in [-0.3, -0.25) is 14.9 Å². The Labute approximate surface area is 228 Å². The number of nitro benzene ring substituents is 1. The van der Waals surface area contributed by atoms with Crippen LogP contribution in [0.3, 0.4) is 0 Å². The fourth-order valence-electron chi connectivity index (χ4n) is 4.33. The van der Waals surface area contributed by atoms with Crippen LogP contribution < -0.4 is 5.32 Å². The molecule has 0 aliphatic carbocycles. The van der Waals surface area contributed by atoms with E-state index in [1.807, 2.05) is 0 Å². The highest BCUT2D eigenvalue weighted by atomic mass is 19.4. The Hall–Kier alpha value is -4.42. The van der Waals surface area contributed by atoms with E-state index in [0.29, 0.717) is 5.56 Å². The van der Waals surface area contributed by atoms with Gasteiger partial charge in [-0.25, -0.2) is 9.59 Å². The van der Waals surface area contributed by atoms with Crippen molar-refractivity contribution in [1.82, 2.24) is 15.1 Å². The van der Waals surface area contributed by atoms with E-state index in [9.17, 15) is 37.7 Å². The molecule has 1 heterocycles. The minimum absolute atomic E-state index is 0.00510. The van der Waals surface area contributed by atoms with Gasteiger partial charge in [-0.2, -0.15) is 13.2 Å². The van der Waals surface area contributed by atoms with Gasteiger partial charge in [0.05, 0.1) is 28.2 Å². The van der Waals surface area contributed by atoms with Gasteiger partial charge in [-0.15, -0.1) is 0 Å². The van der Waals surface area contributed by atoms with Gasteiger partial charge < -0.3 is 19.9 Å². The number of carbonyl (C=O) groups is 3. The number of halogens is 3. The van der Waals surface area contributed by atoms with Crippen molar-refractivity contribution in [3.05, 3.63) is 86.6 Å². The Morgan fingerprint density at radius 2 is 1.85 bits per heavy atom. The maximum atomic E-state index is 13.1. The van der Waals surface area contributed by atoms with E-state index in [0.717, 1.165) is 18.2 Å². The molecule has 13 heteroatoms. The van der Waals surface area contributed by atoms with E-state index in [1.165, 1.54) is 48.0 Å². The Morgan fingerprint density at radius 1 is 1.18 bits per heavy atom. The fourth-order valence-corrected chi connectivity index (χ4v) is 4.33. The normalized spacial score (nSPS) is 15.7. The van der Waals surface area contributed by atoms with Gasteiger partial charge in [0.25, 0.3) is 11.6 Å². The second-order valence-corrected chi connectivity index (χ2v) is 9.53. The summed E-state index contributed by atoms with van der Waals surface area (Å²) in [5.41, 5.74) is -0.668. The highest BCUT2D eigenvalue weighted by molar-refractivity contribution is 5.95. The van der Waals surface area contributed by atoms with E-state index in [2.05, 4.69) is 5.32 Å². The lowest BCUT2D eigenvalue weighted by Gasteiger charge is -2.38. The molecule has 40 heavy (non-hydrogen) atoms. The largest absolute Gasteiger partial charge is 0.459 e. The molecule has 0 radical (unpaired) electrons. The first-order valence-electron chi connectivity index (χ1n) is 12.4. The number of alkyl halides is 3. The minimum Gasteiger partial charge on any atom is -0.459 e. The topological polar surface area (TPSA) is 122 Å². The number of benzene rings is 2. The van der Waals surface area contributed by atoms with Crippen molar-refractivity contribution >= 4 is 23.6 Å². The first kappa shape index (κ1) is 30.1. The number of nitro groups is 1. The van der Waals surface area contributed by atoms with Crippen molar-refractivity contribution in [2.24, 2.45) is 0 Å². The lowest BCUT2D eigenvalue weighted by molar-refractivity contribution is -0.384. The van der Waals surface area contributed by atoms with Crippen molar-refractivity contribution in [2.75, 3.05) is 20.1 Å². The molecule has 214 valence electrons. The molecule has 2 aromatic carbocycles. The third-order valence-corrected chi connectivity index (χ3v) is 6.18. The maximum Gasteiger partial charge on any atom is 0.416 e. The number of non-ortho nitro benzene ring substituents is 1. The lowest BCUT2D eigenvalue weighted by atomic mass is 9.93. The van der Waals surface area contributed by atoms with Gasteiger partial charge in [-0.05, 0) is 51.0 Å². The quantitative estimate of drug-likeness (QED) is 0.259. The molecular weight excluding hydrogens is 533 g/mol. The number of ether oxygens (including phenoxy) is 1. The molecule has 1 atom stereocenters. The van der Waals surface area contributed by atoms with E-state index < -0.39 is 46.7 Å².